The van der Waals surface area contributed by atoms with Crippen LogP contribution in [0.15, 0.2) is 67.0 Å². The Morgan fingerprint density at radius 1 is 0.714 bits per heavy atom. The van der Waals surface area contributed by atoms with Gasteiger partial charge in [0.1, 0.15) is 0 Å². The van der Waals surface area contributed by atoms with Gasteiger partial charge < -0.3 is 11.8 Å². The van der Waals surface area contributed by atoms with Gasteiger partial charge in [0.2, 0.25) is 0 Å². The molecule has 21 heavy (non-hydrogen) atoms. The Hall–Kier alpha value is -2.30. The summed E-state index contributed by atoms with van der Waals surface area (Å²) in [6, 6.07) is 21.1. The fourth-order valence-electron chi connectivity index (χ4n) is 1.81. The van der Waals surface area contributed by atoms with E-state index >= 15 is 0 Å². The molecule has 0 aliphatic heterocycles. The van der Waals surface area contributed by atoms with Crippen LogP contribution in [0, 0.1) is 17.9 Å². The van der Waals surface area contributed by atoms with Crippen LogP contribution in [0.3, 0.4) is 0 Å². The average molecular weight is 452 g/mol. The molecule has 104 valence electrons. The van der Waals surface area contributed by atoms with Gasteiger partial charge in [-0.25, -0.2) is 0 Å². The van der Waals surface area contributed by atoms with Crippen molar-refractivity contribution in [2.24, 2.45) is 0 Å². The van der Waals surface area contributed by atoms with Gasteiger partial charge in [0, 0.05) is 23.8 Å². The largest absolute Gasteiger partial charge is 2.00 e. The van der Waals surface area contributed by atoms with Crippen LogP contribution < -0.4 is 0 Å². The molecular formula is C17H11N3Pt. The molecular weight excluding hydrogens is 441 g/mol. The molecule has 0 aliphatic rings. The van der Waals surface area contributed by atoms with Gasteiger partial charge in [-0.1, -0.05) is 35.4 Å². The molecule has 0 radical (unpaired) electrons. The Kier molecular flexibility index (Phi) is 7.01. The van der Waals surface area contributed by atoms with Gasteiger partial charge in [-0.05, 0) is 12.1 Å². The summed E-state index contributed by atoms with van der Waals surface area (Å²) < 4.78 is 0. The van der Waals surface area contributed by atoms with Crippen molar-refractivity contribution < 1.29 is 21.1 Å². The summed E-state index contributed by atoms with van der Waals surface area (Å²) in [7, 11) is 0. The third-order valence-electron chi connectivity index (χ3n) is 2.68. The van der Waals surface area contributed by atoms with E-state index in [1.165, 1.54) is 0 Å². The second-order valence-electron chi connectivity index (χ2n) is 3.91. The third kappa shape index (κ3) is 4.34. The molecule has 2 heterocycles. The first-order valence-electron chi connectivity index (χ1n) is 6.01. The summed E-state index contributed by atoms with van der Waals surface area (Å²) in [6.07, 6.45) is 3.58. The Bertz CT molecular complexity index is 627. The monoisotopic (exact) mass is 452 g/mol. The van der Waals surface area contributed by atoms with Crippen molar-refractivity contribution in [2.45, 2.75) is 0 Å². The van der Waals surface area contributed by atoms with Crippen molar-refractivity contribution >= 4 is 0 Å². The summed E-state index contributed by atoms with van der Waals surface area (Å²) >= 11 is 0. The molecule has 0 fully saturated rings. The summed E-state index contributed by atoms with van der Waals surface area (Å²) in [6.45, 7) is 4.75. The van der Waals surface area contributed by atoms with Crippen molar-refractivity contribution in [2.75, 3.05) is 0 Å². The predicted octanol–water partition coefficient (Wildman–Crippen LogP) is 3.70. The number of aromatic nitrogens is 2. The summed E-state index contributed by atoms with van der Waals surface area (Å²) in [5.74, 6) is 0. The SMILES string of the molecule is [C-]#N.[Pt+2].[c-]1c(-c2ccccn2)cccc1-c1ccccn1. The van der Waals surface area contributed by atoms with Crippen LogP contribution in [-0.2, 0) is 21.1 Å². The Labute approximate surface area is 138 Å². The van der Waals surface area contributed by atoms with Crippen LogP contribution in [0.2, 0.25) is 0 Å². The summed E-state index contributed by atoms with van der Waals surface area (Å²) in [5.41, 5.74) is 3.82. The van der Waals surface area contributed by atoms with Crippen LogP contribution in [0.5, 0.6) is 0 Å². The molecule has 1 aromatic carbocycles. The van der Waals surface area contributed by atoms with E-state index in [1.807, 2.05) is 54.6 Å². The Morgan fingerprint density at radius 2 is 1.19 bits per heavy atom. The molecule has 0 atom stereocenters. The smallest absolute Gasteiger partial charge is 0.512 e. The minimum atomic E-state index is 0. The first kappa shape index (κ1) is 16.8. The van der Waals surface area contributed by atoms with E-state index in [0.29, 0.717) is 0 Å². The standard InChI is InChI=1S/C16H11N2.CN.Pt/c1-3-10-17-15(8-1)13-6-5-7-14(12-13)16-9-2-4-11-18-16;1-2;/h1-11H;;/q2*-1;+2. The van der Waals surface area contributed by atoms with Crippen LogP contribution in [0.1, 0.15) is 0 Å². The van der Waals surface area contributed by atoms with Crippen LogP contribution >= 0.6 is 0 Å². The van der Waals surface area contributed by atoms with E-state index in [4.69, 9.17) is 11.8 Å². The van der Waals surface area contributed by atoms with Gasteiger partial charge in [0.15, 0.2) is 0 Å². The average Bonchev–Trinajstić information content (AvgIpc) is 2.58. The van der Waals surface area contributed by atoms with E-state index in [1.54, 1.807) is 12.4 Å². The Balaban J connectivity index is 0.000000706. The molecule has 3 nitrogen and oxygen atoms in total. The molecule has 0 bridgehead atoms. The van der Waals surface area contributed by atoms with Gasteiger partial charge in [0.25, 0.3) is 0 Å². The fraction of sp³-hybridized carbons (Fsp3) is 0. The first-order valence-corrected chi connectivity index (χ1v) is 6.01. The molecule has 0 saturated heterocycles. The van der Waals surface area contributed by atoms with Crippen molar-refractivity contribution in [3.63, 3.8) is 0 Å². The second-order valence-corrected chi connectivity index (χ2v) is 3.91. The number of hydrogen-bond acceptors (Lipinski definition) is 3. The van der Waals surface area contributed by atoms with Crippen LogP contribution in [-0.4, -0.2) is 9.97 Å². The second kappa shape index (κ2) is 8.79. The number of pyridine rings is 2. The van der Waals surface area contributed by atoms with Gasteiger partial charge in [-0.3, -0.25) is 9.97 Å². The van der Waals surface area contributed by atoms with Crippen LogP contribution in [0.4, 0.5) is 0 Å². The van der Waals surface area contributed by atoms with Crippen LogP contribution in [0.25, 0.3) is 22.5 Å². The molecule has 3 rings (SSSR count). The van der Waals surface area contributed by atoms with Crippen molar-refractivity contribution in [1.29, 1.82) is 5.26 Å². The number of rotatable bonds is 2. The van der Waals surface area contributed by atoms with E-state index in [9.17, 15) is 0 Å². The molecule has 0 aliphatic carbocycles. The molecule has 0 amide bonds. The quantitative estimate of drug-likeness (QED) is 0.558. The van der Waals surface area contributed by atoms with Gasteiger partial charge in [0.05, 0.1) is 0 Å². The van der Waals surface area contributed by atoms with Crippen molar-refractivity contribution in [3.05, 3.63) is 79.6 Å². The third-order valence-corrected chi connectivity index (χ3v) is 2.68. The van der Waals surface area contributed by atoms with Gasteiger partial charge >= 0.3 is 21.1 Å². The maximum atomic E-state index is 6.25. The van der Waals surface area contributed by atoms with Crippen molar-refractivity contribution in [1.82, 2.24) is 9.97 Å². The molecule has 0 spiro atoms. The van der Waals surface area contributed by atoms with E-state index < -0.39 is 0 Å². The Morgan fingerprint density at radius 3 is 1.57 bits per heavy atom. The molecule has 0 saturated carbocycles. The van der Waals surface area contributed by atoms with Gasteiger partial charge in [-0.2, -0.15) is 0 Å². The first-order chi connectivity index (χ1) is 9.93. The van der Waals surface area contributed by atoms with Gasteiger partial charge in [-0.15, -0.1) is 24.3 Å². The van der Waals surface area contributed by atoms with E-state index in [0.717, 1.165) is 22.5 Å². The minimum absolute atomic E-state index is 0. The van der Waals surface area contributed by atoms with E-state index in [2.05, 4.69) is 16.0 Å². The van der Waals surface area contributed by atoms with E-state index in [-0.39, 0.29) is 21.1 Å². The maximum Gasteiger partial charge on any atom is 2.00 e. The molecule has 2 aromatic heterocycles. The zero-order chi connectivity index (χ0) is 14.2. The number of hydrogen-bond donors (Lipinski definition) is 0. The molecule has 0 N–H and O–H groups in total. The summed E-state index contributed by atoms with van der Waals surface area (Å²) in [5, 5.41) is 6.25. The fourth-order valence-corrected chi connectivity index (χ4v) is 1.81. The number of benzene rings is 1. The molecule has 0 unspecified atom stereocenters. The molecule has 4 heteroatoms. The topological polar surface area (TPSA) is 49.6 Å². The predicted molar refractivity (Wildman–Crippen MR) is 76.7 cm³/mol. The molecule has 3 aromatic rings. The van der Waals surface area contributed by atoms with Crippen molar-refractivity contribution in [3.8, 4) is 22.5 Å². The zero-order valence-corrected chi connectivity index (χ0v) is 13.3. The zero-order valence-electron chi connectivity index (χ0n) is 11.0. The number of nitrogens with zero attached hydrogens (tertiary/aromatic N) is 3. The normalized spacial score (nSPS) is 8.86. The summed E-state index contributed by atoms with van der Waals surface area (Å²) in [4.78, 5) is 8.66. The minimum Gasteiger partial charge on any atom is -0.512 e. The maximum absolute atomic E-state index is 6.25.